The van der Waals surface area contributed by atoms with Crippen LogP contribution >= 0.6 is 11.6 Å². The fraction of sp³-hybridized carbons (Fsp3) is 0.269. The minimum atomic E-state index is -0.0285. The number of nitrogens with zero attached hydrogens (tertiary/aromatic N) is 3. The summed E-state index contributed by atoms with van der Waals surface area (Å²) in [6.45, 7) is 2.11. The van der Waals surface area contributed by atoms with Gasteiger partial charge in [0.05, 0.1) is 0 Å². The van der Waals surface area contributed by atoms with Crippen LogP contribution in [-0.2, 0) is 0 Å². The Morgan fingerprint density at radius 1 is 0.935 bits per heavy atom. The summed E-state index contributed by atoms with van der Waals surface area (Å²) >= 11 is 6.09. The summed E-state index contributed by atoms with van der Waals surface area (Å²) in [6, 6.07) is 24.2. The molecule has 0 radical (unpaired) electrons. The third-order valence-electron chi connectivity index (χ3n) is 6.09. The molecule has 3 aromatic rings. The molecular weight excluding hydrogens is 406 g/mol. The Balaban J connectivity index is 1.44. The Morgan fingerprint density at radius 2 is 1.65 bits per heavy atom. The molecule has 0 bridgehead atoms. The van der Waals surface area contributed by atoms with Crippen LogP contribution in [0, 0.1) is 0 Å². The molecule has 0 saturated carbocycles. The van der Waals surface area contributed by atoms with Crippen LogP contribution in [0.2, 0.25) is 5.02 Å². The topological polar surface area (TPSA) is 26.8 Å². The zero-order valence-corrected chi connectivity index (χ0v) is 19.0. The van der Waals surface area contributed by atoms with Crippen LogP contribution in [0.15, 0.2) is 72.8 Å². The average Bonchev–Trinajstić information content (AvgIpc) is 3.29. The molecule has 0 spiro atoms. The first-order valence-electron chi connectivity index (χ1n) is 10.6. The van der Waals surface area contributed by atoms with Crippen LogP contribution in [-0.4, -0.2) is 51.1 Å². The summed E-state index contributed by atoms with van der Waals surface area (Å²) in [5.74, 6) is -0.0285. The highest BCUT2D eigenvalue weighted by molar-refractivity contribution is 6.30. The molecule has 31 heavy (non-hydrogen) atoms. The molecule has 160 valence electrons. The monoisotopic (exact) mass is 433 g/mol. The van der Waals surface area contributed by atoms with Crippen LogP contribution < -0.4 is 9.80 Å². The number of carbonyl (C=O) groups excluding carboxylic acids is 1. The zero-order valence-electron chi connectivity index (χ0n) is 18.3. The lowest BCUT2D eigenvalue weighted by Gasteiger charge is -2.23. The maximum atomic E-state index is 13.0. The molecule has 0 N–H and O–H groups in total. The maximum Gasteiger partial charge on any atom is 0.258 e. The van der Waals surface area contributed by atoms with Crippen molar-refractivity contribution in [3.8, 4) is 11.1 Å². The maximum absolute atomic E-state index is 13.0. The van der Waals surface area contributed by atoms with Gasteiger partial charge in [0.15, 0.2) is 0 Å². The number of rotatable bonds is 5. The third-order valence-corrected chi connectivity index (χ3v) is 6.33. The van der Waals surface area contributed by atoms with E-state index in [1.165, 1.54) is 12.1 Å². The highest BCUT2D eigenvalue weighted by Crippen LogP contribution is 2.27. The van der Waals surface area contributed by atoms with Crippen molar-refractivity contribution < 1.29 is 4.79 Å². The van der Waals surface area contributed by atoms with Crippen molar-refractivity contribution in [1.82, 2.24) is 4.90 Å². The van der Waals surface area contributed by atoms with Gasteiger partial charge in [0, 0.05) is 48.1 Å². The van der Waals surface area contributed by atoms with Gasteiger partial charge in [0.25, 0.3) is 5.91 Å². The van der Waals surface area contributed by atoms with E-state index in [-0.39, 0.29) is 5.91 Å². The molecule has 4 nitrogen and oxygen atoms in total. The molecular formula is C26H28ClN3O. The Kier molecular flexibility index (Phi) is 6.30. The number of hydrogen-bond donors (Lipinski definition) is 0. The molecule has 1 saturated heterocycles. The van der Waals surface area contributed by atoms with Crippen molar-refractivity contribution in [3.63, 3.8) is 0 Å². The van der Waals surface area contributed by atoms with E-state index in [4.69, 9.17) is 11.6 Å². The molecule has 1 aliphatic rings. The lowest BCUT2D eigenvalue weighted by atomic mass is 10.0. The molecule has 0 aromatic heterocycles. The summed E-state index contributed by atoms with van der Waals surface area (Å²) in [5.41, 5.74) is 4.82. The van der Waals surface area contributed by atoms with Gasteiger partial charge < -0.3 is 14.7 Å². The van der Waals surface area contributed by atoms with Crippen molar-refractivity contribution in [2.75, 3.05) is 44.0 Å². The Morgan fingerprint density at radius 3 is 2.26 bits per heavy atom. The predicted octanol–water partition coefficient (Wildman–Crippen LogP) is 5.42. The van der Waals surface area contributed by atoms with Gasteiger partial charge in [0.1, 0.15) is 0 Å². The second-order valence-electron chi connectivity index (χ2n) is 8.32. The minimum Gasteiger partial charge on any atom is -0.370 e. The van der Waals surface area contributed by atoms with Gasteiger partial charge in [-0.05, 0) is 80.2 Å². The molecule has 1 aliphatic heterocycles. The largest absolute Gasteiger partial charge is 0.370 e. The second-order valence-corrected chi connectivity index (χ2v) is 8.76. The molecule has 5 heteroatoms. The normalized spacial score (nSPS) is 16.0. The summed E-state index contributed by atoms with van der Waals surface area (Å²) in [6.07, 6.45) is 1.18. The van der Waals surface area contributed by atoms with Crippen LogP contribution in [0.4, 0.5) is 11.4 Å². The fourth-order valence-electron chi connectivity index (χ4n) is 4.07. The number of anilines is 2. The number of hydrogen-bond acceptors (Lipinski definition) is 3. The smallest absolute Gasteiger partial charge is 0.258 e. The van der Waals surface area contributed by atoms with Crippen molar-refractivity contribution in [1.29, 1.82) is 0 Å². The lowest BCUT2D eigenvalue weighted by Crippen LogP contribution is -2.31. The van der Waals surface area contributed by atoms with E-state index in [9.17, 15) is 4.79 Å². The Hall–Kier alpha value is -2.82. The highest BCUT2D eigenvalue weighted by Gasteiger charge is 2.24. The zero-order chi connectivity index (χ0) is 22.0. The number of halogens is 1. The van der Waals surface area contributed by atoms with E-state index in [0.29, 0.717) is 16.6 Å². The quantitative estimate of drug-likeness (QED) is 0.537. The fourth-order valence-corrected chi connectivity index (χ4v) is 4.26. The van der Waals surface area contributed by atoms with E-state index in [1.807, 2.05) is 67.7 Å². The van der Waals surface area contributed by atoms with Gasteiger partial charge in [-0.3, -0.25) is 4.79 Å². The van der Waals surface area contributed by atoms with Gasteiger partial charge >= 0.3 is 0 Å². The number of carbonyl (C=O) groups is 1. The van der Waals surface area contributed by atoms with Crippen LogP contribution in [0.25, 0.3) is 11.1 Å². The summed E-state index contributed by atoms with van der Waals surface area (Å²) in [4.78, 5) is 19.4. The Bertz CT molecular complexity index is 1050. The molecule has 1 amide bonds. The minimum absolute atomic E-state index is 0.0285. The SMILES string of the molecule is CN(C(=O)c1ccc(-c2cccc(Cl)c2)cc1)c1ccc(N2CCC(N(C)C)C2)cc1. The third kappa shape index (κ3) is 4.76. The van der Waals surface area contributed by atoms with Gasteiger partial charge in [-0.2, -0.15) is 0 Å². The van der Waals surface area contributed by atoms with Gasteiger partial charge in [-0.25, -0.2) is 0 Å². The average molecular weight is 434 g/mol. The molecule has 1 unspecified atom stereocenters. The van der Waals surface area contributed by atoms with Crippen LogP contribution in [0.3, 0.4) is 0 Å². The van der Waals surface area contributed by atoms with Crippen LogP contribution in [0.5, 0.6) is 0 Å². The van der Waals surface area contributed by atoms with E-state index in [1.54, 1.807) is 4.90 Å². The molecule has 1 heterocycles. The van der Waals surface area contributed by atoms with E-state index < -0.39 is 0 Å². The number of amides is 1. The standard InChI is InChI=1S/C26H28ClN3O/c1-28(2)25-15-16-30(18-25)24-13-11-23(12-14-24)29(3)26(31)20-9-7-19(8-10-20)21-5-4-6-22(27)17-21/h4-14,17,25H,15-16,18H2,1-3H3. The first-order valence-corrected chi connectivity index (χ1v) is 11.0. The summed E-state index contributed by atoms with van der Waals surface area (Å²) in [5, 5.41) is 0.701. The number of benzene rings is 3. The van der Waals surface area contributed by atoms with Gasteiger partial charge in [-0.1, -0.05) is 35.9 Å². The number of likely N-dealkylation sites (N-methyl/N-ethyl adjacent to an activating group) is 1. The molecule has 4 rings (SSSR count). The summed E-state index contributed by atoms with van der Waals surface area (Å²) < 4.78 is 0. The van der Waals surface area contributed by atoms with Gasteiger partial charge in [0.2, 0.25) is 0 Å². The van der Waals surface area contributed by atoms with Crippen molar-refractivity contribution in [2.45, 2.75) is 12.5 Å². The Labute approximate surface area is 189 Å². The second kappa shape index (κ2) is 9.13. The van der Waals surface area contributed by atoms with E-state index in [2.05, 4.69) is 36.0 Å². The lowest BCUT2D eigenvalue weighted by molar-refractivity contribution is 0.0993. The first kappa shape index (κ1) is 21.4. The van der Waals surface area contributed by atoms with Crippen molar-refractivity contribution in [2.24, 2.45) is 0 Å². The predicted molar refractivity (Wildman–Crippen MR) is 130 cm³/mol. The van der Waals surface area contributed by atoms with Crippen molar-refractivity contribution >= 4 is 28.9 Å². The highest BCUT2D eigenvalue weighted by atomic mass is 35.5. The van der Waals surface area contributed by atoms with E-state index >= 15 is 0 Å². The molecule has 1 atom stereocenters. The molecule has 1 fully saturated rings. The molecule has 0 aliphatic carbocycles. The van der Waals surface area contributed by atoms with Gasteiger partial charge in [-0.15, -0.1) is 0 Å². The molecule has 3 aromatic carbocycles. The first-order chi connectivity index (χ1) is 14.9. The summed E-state index contributed by atoms with van der Waals surface area (Å²) in [7, 11) is 6.10. The van der Waals surface area contributed by atoms with Crippen LogP contribution in [0.1, 0.15) is 16.8 Å². The van der Waals surface area contributed by atoms with Crippen molar-refractivity contribution in [3.05, 3.63) is 83.4 Å². The van der Waals surface area contributed by atoms with E-state index in [0.717, 1.165) is 29.9 Å².